The van der Waals surface area contributed by atoms with Crippen LogP contribution < -0.4 is 11.1 Å². The Balaban J connectivity index is 1.84. The quantitative estimate of drug-likeness (QED) is 0.327. The van der Waals surface area contributed by atoms with E-state index < -0.39 is 0 Å². The van der Waals surface area contributed by atoms with E-state index in [2.05, 4.69) is 34.9 Å². The highest BCUT2D eigenvalue weighted by atomic mass is 16.1. The van der Waals surface area contributed by atoms with E-state index in [-0.39, 0.29) is 23.7 Å². The number of hydrogen-bond acceptors (Lipinski definition) is 3. The van der Waals surface area contributed by atoms with Crippen molar-refractivity contribution in [3.8, 4) is 11.1 Å². The molecule has 0 bridgehead atoms. The molecule has 0 saturated carbocycles. The molecule has 0 radical (unpaired) electrons. The van der Waals surface area contributed by atoms with Crippen molar-refractivity contribution in [2.45, 2.75) is 25.3 Å². The molecule has 0 saturated heterocycles. The molecule has 1 aromatic carbocycles. The molecule has 136 valence electrons. The number of carbonyl (C=O) groups excluding carboxylic acids is 1. The van der Waals surface area contributed by atoms with Gasteiger partial charge in [-0.05, 0) is 23.8 Å². The van der Waals surface area contributed by atoms with Crippen LogP contribution in [0.5, 0.6) is 0 Å². The van der Waals surface area contributed by atoms with Gasteiger partial charge in [-0.3, -0.25) is 15.2 Å². The van der Waals surface area contributed by atoms with E-state index >= 15 is 0 Å². The van der Waals surface area contributed by atoms with Gasteiger partial charge in [-0.15, -0.1) is 0 Å². The van der Waals surface area contributed by atoms with E-state index in [1.165, 1.54) is 6.08 Å². The third-order valence-corrected chi connectivity index (χ3v) is 5.26. The lowest BCUT2D eigenvalue weighted by Crippen LogP contribution is -2.36. The van der Waals surface area contributed by atoms with E-state index in [1.54, 1.807) is 0 Å². The van der Waals surface area contributed by atoms with Gasteiger partial charge in [-0.2, -0.15) is 0 Å². The molecule has 0 spiro atoms. The summed E-state index contributed by atoms with van der Waals surface area (Å²) < 4.78 is 0. The monoisotopic (exact) mass is 359 g/mol. The van der Waals surface area contributed by atoms with Crippen LogP contribution in [0.15, 0.2) is 49.2 Å². The lowest BCUT2D eigenvalue weighted by Gasteiger charge is -2.19. The normalized spacial score (nSPS) is 18.3. The van der Waals surface area contributed by atoms with Crippen LogP contribution in [0.4, 0.5) is 0 Å². The first-order valence-electron chi connectivity index (χ1n) is 8.86. The van der Waals surface area contributed by atoms with Gasteiger partial charge in [0.05, 0.1) is 11.2 Å². The number of hydrogen-bond donors (Lipinski definition) is 4. The highest BCUT2D eigenvalue weighted by molar-refractivity contribution is 6.02. The topological polar surface area (TPSA) is 108 Å². The average molecular weight is 359 g/mol. The van der Waals surface area contributed by atoms with Gasteiger partial charge in [-0.1, -0.05) is 31.7 Å². The SMILES string of the molecule is C=CC(=O)NC1Cc2[nH]c(C(=N)N)c(-c3cnc4ccccc4c3)c2C1C. The maximum Gasteiger partial charge on any atom is 0.243 e. The Kier molecular flexibility index (Phi) is 4.03. The second-order valence-electron chi connectivity index (χ2n) is 6.91. The standard InChI is InChI=1S/C21H21N5O/c1-3-17(27)25-15-9-16-18(11(15)2)19(20(26-16)21(22)23)13-8-12-6-4-5-7-14(12)24-10-13/h3-8,10-11,15,26H,1,9H2,2H3,(H3,22,23)(H,25,27). The Morgan fingerprint density at radius 1 is 1.44 bits per heavy atom. The maximum absolute atomic E-state index is 11.8. The molecule has 1 aliphatic rings. The summed E-state index contributed by atoms with van der Waals surface area (Å²) in [5.74, 6) is -0.112. The van der Waals surface area contributed by atoms with Gasteiger partial charge in [0.15, 0.2) is 0 Å². The molecule has 4 rings (SSSR count). The van der Waals surface area contributed by atoms with Crippen molar-refractivity contribution >= 4 is 22.6 Å². The number of rotatable bonds is 4. The van der Waals surface area contributed by atoms with Crippen molar-refractivity contribution in [2.24, 2.45) is 5.73 Å². The van der Waals surface area contributed by atoms with Gasteiger partial charge in [0.1, 0.15) is 5.84 Å². The number of amidine groups is 1. The van der Waals surface area contributed by atoms with E-state index in [0.29, 0.717) is 12.1 Å². The van der Waals surface area contributed by atoms with Crippen LogP contribution in [-0.2, 0) is 11.2 Å². The van der Waals surface area contributed by atoms with Crippen LogP contribution >= 0.6 is 0 Å². The number of aromatic nitrogens is 2. The van der Waals surface area contributed by atoms with E-state index in [9.17, 15) is 4.79 Å². The highest BCUT2D eigenvalue weighted by Crippen LogP contribution is 2.42. The molecule has 1 amide bonds. The van der Waals surface area contributed by atoms with E-state index in [0.717, 1.165) is 33.3 Å². The summed E-state index contributed by atoms with van der Waals surface area (Å²) in [6.07, 6.45) is 3.77. The van der Waals surface area contributed by atoms with E-state index in [4.69, 9.17) is 11.1 Å². The van der Waals surface area contributed by atoms with Crippen molar-refractivity contribution in [3.63, 3.8) is 0 Å². The first kappa shape index (κ1) is 17.0. The summed E-state index contributed by atoms with van der Waals surface area (Å²) in [5.41, 5.74) is 11.3. The fraction of sp³-hybridized carbons (Fsp3) is 0.190. The van der Waals surface area contributed by atoms with Crippen molar-refractivity contribution in [3.05, 3.63) is 66.1 Å². The fourth-order valence-electron chi connectivity index (χ4n) is 3.95. The van der Waals surface area contributed by atoms with Crippen LogP contribution in [0.1, 0.15) is 29.8 Å². The van der Waals surface area contributed by atoms with Gasteiger partial charge in [0, 0.05) is 46.8 Å². The summed E-state index contributed by atoms with van der Waals surface area (Å²) in [5, 5.41) is 12.0. The van der Waals surface area contributed by atoms with Gasteiger partial charge in [0.2, 0.25) is 5.91 Å². The number of nitrogens with one attached hydrogen (secondary N) is 3. The number of nitrogens with zero attached hydrogens (tertiary/aromatic N) is 1. The Bertz CT molecular complexity index is 1080. The zero-order chi connectivity index (χ0) is 19.1. The van der Waals surface area contributed by atoms with Crippen molar-refractivity contribution in [1.82, 2.24) is 15.3 Å². The molecular formula is C21H21N5O. The lowest BCUT2D eigenvalue weighted by molar-refractivity contribution is -0.117. The molecule has 1 aliphatic carbocycles. The number of nitrogen functional groups attached to an aromatic ring is 1. The number of nitrogens with two attached hydrogens (primary N) is 1. The average Bonchev–Trinajstić information content (AvgIpc) is 3.18. The van der Waals surface area contributed by atoms with Crippen LogP contribution in [0, 0.1) is 5.41 Å². The number of para-hydroxylation sites is 1. The zero-order valence-electron chi connectivity index (χ0n) is 15.0. The number of carbonyl (C=O) groups is 1. The van der Waals surface area contributed by atoms with Crippen molar-refractivity contribution in [2.75, 3.05) is 0 Å². The molecule has 6 heteroatoms. The minimum absolute atomic E-state index is 0.00793. The first-order valence-corrected chi connectivity index (χ1v) is 8.86. The summed E-state index contributed by atoms with van der Waals surface area (Å²) in [7, 11) is 0. The molecule has 6 nitrogen and oxygen atoms in total. The third-order valence-electron chi connectivity index (χ3n) is 5.26. The second kappa shape index (κ2) is 6.39. The van der Waals surface area contributed by atoms with Crippen LogP contribution in [0.3, 0.4) is 0 Å². The number of fused-ring (bicyclic) bond motifs is 2. The molecule has 5 N–H and O–H groups in total. The number of H-pyrrole nitrogens is 1. The number of benzene rings is 1. The Hall–Kier alpha value is -3.41. The first-order chi connectivity index (χ1) is 13.0. The summed E-state index contributed by atoms with van der Waals surface area (Å²) >= 11 is 0. The van der Waals surface area contributed by atoms with Gasteiger partial charge in [0.25, 0.3) is 0 Å². The van der Waals surface area contributed by atoms with Gasteiger partial charge < -0.3 is 16.0 Å². The zero-order valence-corrected chi connectivity index (χ0v) is 15.0. The van der Waals surface area contributed by atoms with Crippen molar-refractivity contribution in [1.29, 1.82) is 5.41 Å². The minimum Gasteiger partial charge on any atom is -0.382 e. The van der Waals surface area contributed by atoms with Gasteiger partial charge in [-0.25, -0.2) is 0 Å². The molecule has 3 aromatic rings. The molecule has 2 unspecified atom stereocenters. The summed E-state index contributed by atoms with van der Waals surface area (Å²) in [4.78, 5) is 19.6. The van der Waals surface area contributed by atoms with Crippen molar-refractivity contribution < 1.29 is 4.79 Å². The van der Waals surface area contributed by atoms with Crippen LogP contribution in [0.2, 0.25) is 0 Å². The number of aromatic amines is 1. The summed E-state index contributed by atoms with van der Waals surface area (Å²) in [6.45, 7) is 5.60. The van der Waals surface area contributed by atoms with Gasteiger partial charge >= 0.3 is 0 Å². The van der Waals surface area contributed by atoms with E-state index in [1.807, 2.05) is 30.5 Å². The molecule has 0 aliphatic heterocycles. The number of pyridine rings is 1. The largest absolute Gasteiger partial charge is 0.382 e. The highest BCUT2D eigenvalue weighted by Gasteiger charge is 2.36. The van der Waals surface area contributed by atoms with Crippen LogP contribution in [0.25, 0.3) is 22.0 Å². The predicted molar refractivity (Wildman–Crippen MR) is 107 cm³/mol. The maximum atomic E-state index is 11.8. The Morgan fingerprint density at radius 3 is 2.96 bits per heavy atom. The molecular weight excluding hydrogens is 338 g/mol. The molecule has 0 fully saturated rings. The minimum atomic E-state index is -0.183. The molecule has 27 heavy (non-hydrogen) atoms. The van der Waals surface area contributed by atoms with Crippen LogP contribution in [-0.4, -0.2) is 27.8 Å². The fourth-order valence-corrected chi connectivity index (χ4v) is 3.95. The molecule has 2 aromatic heterocycles. The second-order valence-corrected chi connectivity index (χ2v) is 6.91. The molecule has 2 heterocycles. The summed E-state index contributed by atoms with van der Waals surface area (Å²) in [6, 6.07) is 9.97. The number of amides is 1. The lowest BCUT2D eigenvalue weighted by atomic mass is 9.93. The Labute approximate surface area is 157 Å². The predicted octanol–water partition coefficient (Wildman–Crippen LogP) is 2.84. The molecule has 2 atom stereocenters. The Morgan fingerprint density at radius 2 is 2.22 bits per heavy atom. The third kappa shape index (κ3) is 2.79. The smallest absolute Gasteiger partial charge is 0.243 e.